The highest BCUT2D eigenvalue weighted by Gasteiger charge is 2.16. The summed E-state index contributed by atoms with van der Waals surface area (Å²) >= 11 is 1.16. The highest BCUT2D eigenvalue weighted by molar-refractivity contribution is 8.00. The molecule has 0 aliphatic heterocycles. The van der Waals surface area contributed by atoms with Crippen LogP contribution in [0.2, 0.25) is 0 Å². The van der Waals surface area contributed by atoms with Crippen molar-refractivity contribution in [2.75, 3.05) is 29.6 Å². The maximum Gasteiger partial charge on any atom is 0.339 e. The predicted octanol–water partition coefficient (Wildman–Crippen LogP) is 4.48. The number of amides is 2. The second-order valence-electron chi connectivity index (χ2n) is 7.11. The van der Waals surface area contributed by atoms with Crippen LogP contribution in [0, 0.1) is 11.3 Å². The van der Waals surface area contributed by atoms with Crippen LogP contribution in [-0.2, 0) is 14.3 Å². The van der Waals surface area contributed by atoms with E-state index in [1.165, 1.54) is 0 Å². The molecule has 0 aliphatic carbocycles. The lowest BCUT2D eigenvalue weighted by molar-refractivity contribution is -0.119. The third kappa shape index (κ3) is 7.91. The molecule has 0 saturated heterocycles. The van der Waals surface area contributed by atoms with Crippen LogP contribution in [0.25, 0.3) is 0 Å². The van der Waals surface area contributed by atoms with E-state index in [1.54, 1.807) is 72.8 Å². The molecule has 0 heterocycles. The Balaban J connectivity index is 1.51. The molecule has 8 nitrogen and oxygen atoms in total. The van der Waals surface area contributed by atoms with Gasteiger partial charge < -0.3 is 20.1 Å². The topological polar surface area (TPSA) is 118 Å². The molecule has 3 rings (SSSR count). The van der Waals surface area contributed by atoms with Gasteiger partial charge in [0, 0.05) is 16.3 Å². The molecule has 3 aromatic rings. The molecule has 0 aliphatic rings. The molecule has 0 saturated carbocycles. The van der Waals surface area contributed by atoms with E-state index in [0.717, 1.165) is 11.8 Å². The van der Waals surface area contributed by atoms with Crippen LogP contribution in [0.15, 0.2) is 77.7 Å². The molecule has 0 fully saturated rings. The van der Waals surface area contributed by atoms with Crippen LogP contribution < -0.4 is 15.4 Å². The zero-order valence-corrected chi connectivity index (χ0v) is 19.8. The highest BCUT2D eigenvalue weighted by Crippen LogP contribution is 2.24. The van der Waals surface area contributed by atoms with E-state index in [1.807, 2.05) is 13.0 Å². The van der Waals surface area contributed by atoms with Gasteiger partial charge in [0.15, 0.2) is 6.61 Å². The van der Waals surface area contributed by atoms with Crippen molar-refractivity contribution >= 4 is 40.9 Å². The van der Waals surface area contributed by atoms with Crippen molar-refractivity contribution in [3.63, 3.8) is 0 Å². The number of thioether (sulfide) groups is 1. The first-order valence-electron chi connectivity index (χ1n) is 10.7. The van der Waals surface area contributed by atoms with E-state index >= 15 is 0 Å². The van der Waals surface area contributed by atoms with E-state index in [0.29, 0.717) is 34.2 Å². The van der Waals surface area contributed by atoms with Gasteiger partial charge >= 0.3 is 5.97 Å². The van der Waals surface area contributed by atoms with Crippen LogP contribution in [0.3, 0.4) is 0 Å². The molecule has 3 aromatic carbocycles. The van der Waals surface area contributed by atoms with Crippen molar-refractivity contribution in [3.8, 4) is 11.8 Å². The average molecular weight is 490 g/mol. The molecular formula is C26H23N3O5S. The van der Waals surface area contributed by atoms with Crippen molar-refractivity contribution < 1.29 is 23.9 Å². The smallest absolute Gasteiger partial charge is 0.339 e. The number of ether oxygens (including phenoxy) is 2. The lowest BCUT2D eigenvalue weighted by atomic mass is 10.2. The third-order valence-corrected chi connectivity index (χ3v) is 5.60. The summed E-state index contributed by atoms with van der Waals surface area (Å²) in [7, 11) is 0. The van der Waals surface area contributed by atoms with Gasteiger partial charge in [0.2, 0.25) is 5.91 Å². The number of hydrogen-bond acceptors (Lipinski definition) is 7. The maximum absolute atomic E-state index is 12.6. The molecule has 35 heavy (non-hydrogen) atoms. The van der Waals surface area contributed by atoms with Crippen LogP contribution >= 0.6 is 11.8 Å². The SMILES string of the molecule is CCOc1ccc(NC(=O)COC(=O)c2ccccc2SCC(=O)Nc2cccc(C#N)c2)cc1. The summed E-state index contributed by atoms with van der Waals surface area (Å²) in [5.41, 5.74) is 1.76. The first-order valence-corrected chi connectivity index (χ1v) is 11.7. The van der Waals surface area contributed by atoms with Gasteiger partial charge in [-0.05, 0) is 61.5 Å². The first kappa shape index (κ1) is 25.3. The minimum atomic E-state index is -0.669. The Hall–Kier alpha value is -4.29. The number of hydrogen-bond donors (Lipinski definition) is 2. The van der Waals surface area contributed by atoms with Gasteiger partial charge in [0.05, 0.1) is 29.6 Å². The molecule has 0 atom stereocenters. The van der Waals surface area contributed by atoms with E-state index in [-0.39, 0.29) is 17.2 Å². The molecule has 0 radical (unpaired) electrons. The van der Waals surface area contributed by atoms with Gasteiger partial charge in [0.25, 0.3) is 5.91 Å². The second-order valence-corrected chi connectivity index (χ2v) is 8.12. The van der Waals surface area contributed by atoms with Crippen molar-refractivity contribution in [3.05, 3.63) is 83.9 Å². The number of esters is 1. The van der Waals surface area contributed by atoms with E-state index in [2.05, 4.69) is 10.6 Å². The van der Waals surface area contributed by atoms with Gasteiger partial charge in [-0.3, -0.25) is 9.59 Å². The molecule has 0 aromatic heterocycles. The number of carbonyl (C=O) groups excluding carboxylic acids is 3. The Kier molecular flexibility index (Phi) is 9.28. The fourth-order valence-electron chi connectivity index (χ4n) is 2.98. The largest absolute Gasteiger partial charge is 0.494 e. The highest BCUT2D eigenvalue weighted by atomic mass is 32.2. The summed E-state index contributed by atoms with van der Waals surface area (Å²) in [6.07, 6.45) is 0. The number of nitriles is 1. The monoisotopic (exact) mass is 489 g/mol. The number of carbonyl (C=O) groups is 3. The molecule has 178 valence electrons. The fourth-order valence-corrected chi connectivity index (χ4v) is 3.82. The molecule has 2 amide bonds. The molecule has 0 unspecified atom stereocenters. The molecule has 2 N–H and O–H groups in total. The summed E-state index contributed by atoms with van der Waals surface area (Å²) in [6, 6.07) is 22.1. The van der Waals surface area contributed by atoms with Crippen LogP contribution in [0.1, 0.15) is 22.8 Å². The Morgan fingerprint density at radius 3 is 2.40 bits per heavy atom. The molecular weight excluding hydrogens is 466 g/mol. The summed E-state index contributed by atoms with van der Waals surface area (Å²) in [4.78, 5) is 37.6. The van der Waals surface area contributed by atoms with Gasteiger partial charge in [-0.1, -0.05) is 18.2 Å². The fraction of sp³-hybridized carbons (Fsp3) is 0.154. The average Bonchev–Trinajstić information content (AvgIpc) is 2.87. The molecule has 9 heteroatoms. The second kappa shape index (κ2) is 12.8. The summed E-state index contributed by atoms with van der Waals surface area (Å²) < 4.78 is 10.5. The third-order valence-electron chi connectivity index (χ3n) is 4.52. The zero-order chi connectivity index (χ0) is 25.0. The van der Waals surface area contributed by atoms with Gasteiger partial charge in [0.1, 0.15) is 5.75 Å². The van der Waals surface area contributed by atoms with Crippen molar-refractivity contribution in [2.45, 2.75) is 11.8 Å². The van der Waals surface area contributed by atoms with Crippen molar-refractivity contribution in [1.29, 1.82) is 5.26 Å². The summed E-state index contributed by atoms with van der Waals surface area (Å²) in [5.74, 6) is -0.707. The number of nitrogens with zero attached hydrogens (tertiary/aromatic N) is 1. The molecule has 0 spiro atoms. The Bertz CT molecular complexity index is 1240. The number of rotatable bonds is 10. The number of nitrogens with one attached hydrogen (secondary N) is 2. The minimum absolute atomic E-state index is 0.0410. The Morgan fingerprint density at radius 2 is 1.66 bits per heavy atom. The number of anilines is 2. The predicted molar refractivity (Wildman–Crippen MR) is 133 cm³/mol. The van der Waals surface area contributed by atoms with E-state index in [4.69, 9.17) is 14.7 Å². The van der Waals surface area contributed by atoms with Gasteiger partial charge in [-0.2, -0.15) is 5.26 Å². The summed E-state index contributed by atoms with van der Waals surface area (Å²) in [6.45, 7) is 1.97. The van der Waals surface area contributed by atoms with Gasteiger partial charge in [-0.25, -0.2) is 4.79 Å². The Morgan fingerprint density at radius 1 is 0.914 bits per heavy atom. The first-order chi connectivity index (χ1) is 17.0. The van der Waals surface area contributed by atoms with Crippen molar-refractivity contribution in [1.82, 2.24) is 0 Å². The lowest BCUT2D eigenvalue weighted by Gasteiger charge is -2.10. The molecule has 0 bridgehead atoms. The standard InChI is InChI=1S/C26H23N3O5S/c1-2-33-21-12-10-19(11-13-21)28-24(30)16-34-26(32)22-8-3-4-9-23(22)35-17-25(31)29-20-7-5-6-18(14-20)15-27/h3-14H,2,16-17H2,1H3,(H,28,30)(H,29,31). The Labute approximate surface area is 207 Å². The lowest BCUT2D eigenvalue weighted by Crippen LogP contribution is -2.21. The normalized spacial score (nSPS) is 10.1. The van der Waals surface area contributed by atoms with Crippen LogP contribution in [0.4, 0.5) is 11.4 Å². The van der Waals surface area contributed by atoms with Crippen LogP contribution in [-0.4, -0.2) is 36.8 Å². The maximum atomic E-state index is 12.6. The van der Waals surface area contributed by atoms with E-state index in [9.17, 15) is 14.4 Å². The van der Waals surface area contributed by atoms with E-state index < -0.39 is 18.5 Å². The minimum Gasteiger partial charge on any atom is -0.494 e. The zero-order valence-electron chi connectivity index (χ0n) is 18.9. The van der Waals surface area contributed by atoms with Crippen molar-refractivity contribution in [2.24, 2.45) is 0 Å². The van der Waals surface area contributed by atoms with Gasteiger partial charge in [-0.15, -0.1) is 11.8 Å². The summed E-state index contributed by atoms with van der Waals surface area (Å²) in [5, 5.41) is 14.3. The number of benzene rings is 3. The van der Waals surface area contributed by atoms with Crippen LogP contribution in [0.5, 0.6) is 5.75 Å². The quantitative estimate of drug-likeness (QED) is 0.318.